The zero-order valence-corrected chi connectivity index (χ0v) is 15.3. The van der Waals surface area contributed by atoms with Crippen molar-refractivity contribution in [2.45, 2.75) is 18.0 Å². The van der Waals surface area contributed by atoms with Gasteiger partial charge in [-0.15, -0.1) is 0 Å². The summed E-state index contributed by atoms with van der Waals surface area (Å²) >= 11 is 0. The summed E-state index contributed by atoms with van der Waals surface area (Å²) < 4.78 is 36.8. The molecular weight excluding hydrogens is 340 g/mol. The summed E-state index contributed by atoms with van der Waals surface area (Å²) in [6.07, 6.45) is 0. The Morgan fingerprint density at radius 2 is 1.68 bits per heavy atom. The first-order chi connectivity index (χ1) is 12.1. The van der Waals surface area contributed by atoms with Crippen LogP contribution in [0.1, 0.15) is 11.1 Å². The van der Waals surface area contributed by atoms with Gasteiger partial charge in [-0.1, -0.05) is 30.3 Å². The highest BCUT2D eigenvalue weighted by molar-refractivity contribution is 7.89. The van der Waals surface area contributed by atoms with Crippen LogP contribution >= 0.6 is 0 Å². The Balaban J connectivity index is 1.90. The number of hydrogen-bond acceptors (Lipinski definition) is 5. The zero-order chi connectivity index (χ0) is 18.1. The standard InChI is InChI=1S/C18H24N2O4S/c1-23-12-11-20-25(21,22)17-9-7-15(8-10-17)13-19-14-16-5-3-4-6-18(16)24-2/h3-10,19-20H,11-14H2,1-2H3. The lowest BCUT2D eigenvalue weighted by Crippen LogP contribution is -2.27. The molecule has 0 amide bonds. The van der Waals surface area contributed by atoms with Crippen LogP contribution in [0.4, 0.5) is 0 Å². The van der Waals surface area contributed by atoms with E-state index < -0.39 is 10.0 Å². The van der Waals surface area contributed by atoms with E-state index in [2.05, 4.69) is 10.0 Å². The molecule has 0 atom stereocenters. The van der Waals surface area contributed by atoms with Crippen molar-refractivity contribution >= 4 is 10.0 Å². The van der Waals surface area contributed by atoms with E-state index in [9.17, 15) is 8.42 Å². The third-order valence-electron chi connectivity index (χ3n) is 3.67. The molecule has 2 aromatic rings. The maximum absolute atomic E-state index is 12.1. The van der Waals surface area contributed by atoms with Crippen molar-refractivity contribution in [3.8, 4) is 5.75 Å². The largest absolute Gasteiger partial charge is 0.496 e. The predicted molar refractivity (Wildman–Crippen MR) is 97.0 cm³/mol. The van der Waals surface area contributed by atoms with Crippen molar-refractivity contribution in [2.24, 2.45) is 0 Å². The Kier molecular flexibility index (Phi) is 7.39. The Morgan fingerprint density at radius 1 is 0.960 bits per heavy atom. The van der Waals surface area contributed by atoms with Gasteiger partial charge in [0.2, 0.25) is 10.0 Å². The number of hydrogen-bond donors (Lipinski definition) is 2. The van der Waals surface area contributed by atoms with E-state index >= 15 is 0 Å². The predicted octanol–water partition coefficient (Wildman–Crippen LogP) is 1.91. The van der Waals surface area contributed by atoms with E-state index in [1.807, 2.05) is 24.3 Å². The van der Waals surface area contributed by atoms with Crippen LogP contribution < -0.4 is 14.8 Å². The molecule has 136 valence electrons. The van der Waals surface area contributed by atoms with Crippen molar-refractivity contribution < 1.29 is 17.9 Å². The van der Waals surface area contributed by atoms with Crippen LogP contribution in [-0.2, 0) is 27.8 Å². The molecule has 2 rings (SSSR count). The maximum atomic E-state index is 12.1. The average molecular weight is 364 g/mol. The van der Waals surface area contributed by atoms with Gasteiger partial charge in [-0.05, 0) is 23.8 Å². The van der Waals surface area contributed by atoms with Gasteiger partial charge in [-0.3, -0.25) is 0 Å². The summed E-state index contributed by atoms with van der Waals surface area (Å²) in [4.78, 5) is 0.247. The molecule has 2 N–H and O–H groups in total. The zero-order valence-electron chi connectivity index (χ0n) is 14.5. The lowest BCUT2D eigenvalue weighted by Gasteiger charge is -2.10. The molecule has 0 bridgehead atoms. The molecule has 0 unspecified atom stereocenters. The van der Waals surface area contributed by atoms with Crippen molar-refractivity contribution in [1.82, 2.24) is 10.0 Å². The Bertz CT molecular complexity index is 761. The van der Waals surface area contributed by atoms with Crippen molar-refractivity contribution in [3.63, 3.8) is 0 Å². The topological polar surface area (TPSA) is 76.7 Å². The van der Waals surface area contributed by atoms with Gasteiger partial charge in [-0.25, -0.2) is 13.1 Å². The molecule has 0 aliphatic rings. The molecule has 0 radical (unpaired) electrons. The lowest BCUT2D eigenvalue weighted by molar-refractivity contribution is 0.204. The summed E-state index contributed by atoms with van der Waals surface area (Å²) in [6.45, 7) is 1.89. The molecule has 0 spiro atoms. The van der Waals surface area contributed by atoms with Crippen LogP contribution in [0.15, 0.2) is 53.4 Å². The highest BCUT2D eigenvalue weighted by atomic mass is 32.2. The minimum absolute atomic E-state index is 0.247. The second kappa shape index (κ2) is 9.53. The summed E-state index contributed by atoms with van der Waals surface area (Å²) in [6, 6.07) is 14.7. The highest BCUT2D eigenvalue weighted by Crippen LogP contribution is 2.17. The van der Waals surface area contributed by atoms with Crippen LogP contribution in [0, 0.1) is 0 Å². The van der Waals surface area contributed by atoms with Crippen LogP contribution in [0.2, 0.25) is 0 Å². The molecule has 0 saturated carbocycles. The average Bonchev–Trinajstić information content (AvgIpc) is 2.63. The van der Waals surface area contributed by atoms with Gasteiger partial charge in [0.15, 0.2) is 0 Å². The SMILES string of the molecule is COCCNS(=O)(=O)c1ccc(CNCc2ccccc2OC)cc1. The number of ether oxygens (including phenoxy) is 2. The van der Waals surface area contributed by atoms with Crippen LogP contribution in [0.5, 0.6) is 5.75 Å². The van der Waals surface area contributed by atoms with Gasteiger partial charge in [0.05, 0.1) is 18.6 Å². The van der Waals surface area contributed by atoms with Crippen molar-refractivity contribution in [1.29, 1.82) is 0 Å². The van der Waals surface area contributed by atoms with Crippen LogP contribution in [0.3, 0.4) is 0 Å². The number of benzene rings is 2. The van der Waals surface area contributed by atoms with E-state index in [0.717, 1.165) is 16.9 Å². The fourth-order valence-corrected chi connectivity index (χ4v) is 3.35. The molecule has 6 nitrogen and oxygen atoms in total. The van der Waals surface area contributed by atoms with Crippen molar-refractivity contribution in [2.75, 3.05) is 27.4 Å². The van der Waals surface area contributed by atoms with Gasteiger partial charge in [-0.2, -0.15) is 0 Å². The quantitative estimate of drug-likeness (QED) is 0.630. The lowest BCUT2D eigenvalue weighted by atomic mass is 10.2. The number of para-hydroxylation sites is 1. The second-order valence-corrected chi connectivity index (χ2v) is 7.22. The smallest absolute Gasteiger partial charge is 0.240 e. The maximum Gasteiger partial charge on any atom is 0.240 e. The van der Waals surface area contributed by atoms with E-state index in [4.69, 9.17) is 9.47 Å². The van der Waals surface area contributed by atoms with Gasteiger partial charge >= 0.3 is 0 Å². The summed E-state index contributed by atoms with van der Waals surface area (Å²) in [5.41, 5.74) is 2.08. The molecule has 2 aromatic carbocycles. The summed E-state index contributed by atoms with van der Waals surface area (Å²) in [7, 11) is -0.308. The summed E-state index contributed by atoms with van der Waals surface area (Å²) in [5.74, 6) is 0.846. The van der Waals surface area contributed by atoms with E-state index in [1.165, 1.54) is 7.11 Å². The number of rotatable bonds is 10. The summed E-state index contributed by atoms with van der Waals surface area (Å²) in [5, 5.41) is 3.33. The second-order valence-electron chi connectivity index (χ2n) is 5.45. The van der Waals surface area contributed by atoms with Gasteiger partial charge < -0.3 is 14.8 Å². The molecule has 0 aliphatic carbocycles. The van der Waals surface area contributed by atoms with E-state index in [0.29, 0.717) is 19.7 Å². The van der Waals surface area contributed by atoms with Crippen molar-refractivity contribution in [3.05, 3.63) is 59.7 Å². The normalized spacial score (nSPS) is 11.4. The Hall–Kier alpha value is -1.93. The van der Waals surface area contributed by atoms with E-state index in [1.54, 1.807) is 31.4 Å². The third-order valence-corrected chi connectivity index (χ3v) is 5.15. The first-order valence-corrected chi connectivity index (χ1v) is 9.45. The van der Waals surface area contributed by atoms with Gasteiger partial charge in [0.1, 0.15) is 5.75 Å². The number of methoxy groups -OCH3 is 2. The van der Waals surface area contributed by atoms with Crippen LogP contribution in [0.25, 0.3) is 0 Å². The minimum Gasteiger partial charge on any atom is -0.496 e. The molecule has 25 heavy (non-hydrogen) atoms. The molecule has 0 aliphatic heterocycles. The number of sulfonamides is 1. The third kappa shape index (κ3) is 5.82. The minimum atomic E-state index is -3.49. The fraction of sp³-hybridized carbons (Fsp3) is 0.333. The molecule has 0 saturated heterocycles. The molecular formula is C18H24N2O4S. The Morgan fingerprint density at radius 3 is 2.36 bits per heavy atom. The fourth-order valence-electron chi connectivity index (χ4n) is 2.34. The molecule has 7 heteroatoms. The monoisotopic (exact) mass is 364 g/mol. The number of nitrogens with one attached hydrogen (secondary N) is 2. The molecule has 0 heterocycles. The van der Waals surface area contributed by atoms with E-state index in [-0.39, 0.29) is 11.4 Å². The Labute approximate surface area is 149 Å². The molecule has 0 aromatic heterocycles. The highest BCUT2D eigenvalue weighted by Gasteiger charge is 2.12. The molecule has 0 fully saturated rings. The van der Waals surface area contributed by atoms with Gasteiger partial charge in [0, 0.05) is 32.3 Å². The van der Waals surface area contributed by atoms with Crippen LogP contribution in [-0.4, -0.2) is 35.8 Å². The van der Waals surface area contributed by atoms with Gasteiger partial charge in [0.25, 0.3) is 0 Å². The first-order valence-electron chi connectivity index (χ1n) is 7.97. The first kappa shape index (κ1) is 19.4.